The van der Waals surface area contributed by atoms with Crippen LogP contribution in [0.4, 0.5) is 0 Å². The number of rotatable bonds is 1. The Labute approximate surface area is 66.9 Å². The molecule has 0 aliphatic carbocycles. The van der Waals surface area contributed by atoms with Gasteiger partial charge in [0.15, 0.2) is 0 Å². The molecule has 0 aromatic heterocycles. The summed E-state index contributed by atoms with van der Waals surface area (Å²) in [5.74, 6) is 0. The first kappa shape index (κ1) is 7.04. The van der Waals surface area contributed by atoms with Crippen LogP contribution in [0.2, 0.25) is 0 Å². The highest BCUT2D eigenvalue weighted by Crippen LogP contribution is 2.33. The smallest absolute Gasteiger partial charge is 0.147 e. The molecule has 0 saturated carbocycles. The standard InChI is InChI=1S/C9H13NO/c1-10-8-3-2-7(6-11)9(10)5-4-8/h2,6,8-9H,3-5H2,1H3/t8-,9-/m1/s1. The number of hydrogen-bond donors (Lipinski definition) is 0. The van der Waals surface area contributed by atoms with Crippen LogP contribution in [0.25, 0.3) is 0 Å². The Morgan fingerprint density at radius 3 is 3.18 bits per heavy atom. The maximum Gasteiger partial charge on any atom is 0.147 e. The highest BCUT2D eigenvalue weighted by molar-refractivity contribution is 5.75. The lowest BCUT2D eigenvalue weighted by Gasteiger charge is -2.29. The van der Waals surface area contributed by atoms with E-state index in [-0.39, 0.29) is 0 Å². The lowest BCUT2D eigenvalue weighted by Crippen LogP contribution is -2.36. The summed E-state index contributed by atoms with van der Waals surface area (Å²) in [4.78, 5) is 12.9. The van der Waals surface area contributed by atoms with E-state index in [9.17, 15) is 4.79 Å². The van der Waals surface area contributed by atoms with Crippen molar-refractivity contribution in [3.63, 3.8) is 0 Å². The van der Waals surface area contributed by atoms with Crippen LogP contribution in [0.1, 0.15) is 19.3 Å². The minimum atomic E-state index is 0.436. The van der Waals surface area contributed by atoms with Gasteiger partial charge in [0.1, 0.15) is 6.29 Å². The summed E-state index contributed by atoms with van der Waals surface area (Å²) >= 11 is 0. The van der Waals surface area contributed by atoms with Crippen LogP contribution in [0, 0.1) is 0 Å². The van der Waals surface area contributed by atoms with Gasteiger partial charge in [-0.2, -0.15) is 0 Å². The first-order valence-electron chi connectivity index (χ1n) is 4.20. The summed E-state index contributed by atoms with van der Waals surface area (Å²) in [6.45, 7) is 0. The third-order valence-corrected chi connectivity index (χ3v) is 2.99. The van der Waals surface area contributed by atoms with Gasteiger partial charge >= 0.3 is 0 Å². The second kappa shape index (κ2) is 2.45. The van der Waals surface area contributed by atoms with E-state index < -0.39 is 0 Å². The molecule has 2 heterocycles. The molecular formula is C9H13NO. The van der Waals surface area contributed by atoms with E-state index in [1.165, 1.54) is 12.8 Å². The van der Waals surface area contributed by atoms with E-state index in [1.54, 1.807) is 0 Å². The van der Waals surface area contributed by atoms with Crippen molar-refractivity contribution < 1.29 is 4.79 Å². The zero-order valence-corrected chi connectivity index (χ0v) is 6.79. The van der Waals surface area contributed by atoms with Gasteiger partial charge in [0.2, 0.25) is 0 Å². The molecule has 0 radical (unpaired) electrons. The summed E-state index contributed by atoms with van der Waals surface area (Å²) in [5.41, 5.74) is 1.00. The number of likely N-dealkylation sites (N-methyl/N-ethyl adjacent to an activating group) is 1. The molecule has 2 aliphatic heterocycles. The molecule has 2 nitrogen and oxygen atoms in total. The largest absolute Gasteiger partial charge is 0.298 e. The van der Waals surface area contributed by atoms with Gasteiger partial charge in [-0.15, -0.1) is 0 Å². The molecule has 1 saturated heterocycles. The molecule has 2 aliphatic rings. The third-order valence-electron chi connectivity index (χ3n) is 2.99. The van der Waals surface area contributed by atoms with Gasteiger partial charge in [0, 0.05) is 17.7 Å². The van der Waals surface area contributed by atoms with Crippen molar-refractivity contribution in [1.82, 2.24) is 4.90 Å². The van der Waals surface area contributed by atoms with Crippen molar-refractivity contribution in [3.8, 4) is 0 Å². The van der Waals surface area contributed by atoms with Crippen molar-refractivity contribution in [2.24, 2.45) is 0 Å². The van der Waals surface area contributed by atoms with Crippen molar-refractivity contribution >= 4 is 6.29 Å². The van der Waals surface area contributed by atoms with Gasteiger partial charge in [-0.05, 0) is 26.3 Å². The molecule has 2 heteroatoms. The molecular weight excluding hydrogens is 138 g/mol. The molecule has 11 heavy (non-hydrogen) atoms. The Bertz CT molecular complexity index is 210. The molecule has 0 aromatic carbocycles. The Morgan fingerprint density at radius 1 is 1.64 bits per heavy atom. The van der Waals surface area contributed by atoms with Crippen molar-refractivity contribution in [2.45, 2.75) is 31.3 Å². The predicted molar refractivity (Wildman–Crippen MR) is 43.3 cm³/mol. The van der Waals surface area contributed by atoms with Gasteiger partial charge < -0.3 is 0 Å². The van der Waals surface area contributed by atoms with Gasteiger partial charge in [-0.3, -0.25) is 9.69 Å². The fourth-order valence-corrected chi connectivity index (χ4v) is 2.23. The van der Waals surface area contributed by atoms with E-state index in [0.717, 1.165) is 18.3 Å². The molecule has 0 unspecified atom stereocenters. The summed E-state index contributed by atoms with van der Waals surface area (Å²) in [6, 6.07) is 1.15. The number of carbonyl (C=O) groups excluding carboxylic acids is 1. The number of carbonyl (C=O) groups is 1. The Morgan fingerprint density at radius 2 is 2.45 bits per heavy atom. The maximum atomic E-state index is 10.6. The first-order chi connectivity index (χ1) is 5.33. The summed E-state index contributed by atoms with van der Waals surface area (Å²) < 4.78 is 0. The second-order valence-electron chi connectivity index (χ2n) is 3.47. The zero-order valence-electron chi connectivity index (χ0n) is 6.79. The lowest BCUT2D eigenvalue weighted by atomic mass is 10.0. The maximum absolute atomic E-state index is 10.6. The van der Waals surface area contributed by atoms with Crippen molar-refractivity contribution in [3.05, 3.63) is 11.6 Å². The molecule has 2 atom stereocenters. The van der Waals surface area contributed by atoms with Crippen LogP contribution in [-0.4, -0.2) is 30.3 Å². The van der Waals surface area contributed by atoms with Crippen LogP contribution < -0.4 is 0 Å². The number of nitrogens with zero attached hydrogens (tertiary/aromatic N) is 1. The predicted octanol–water partition coefficient (Wildman–Crippen LogP) is 0.978. The second-order valence-corrected chi connectivity index (χ2v) is 3.47. The molecule has 2 bridgehead atoms. The van der Waals surface area contributed by atoms with E-state index in [1.807, 2.05) is 0 Å². The van der Waals surface area contributed by atoms with Crippen LogP contribution in [0.5, 0.6) is 0 Å². The quantitative estimate of drug-likeness (QED) is 0.521. The molecule has 0 spiro atoms. The van der Waals surface area contributed by atoms with Crippen LogP contribution >= 0.6 is 0 Å². The summed E-state index contributed by atoms with van der Waals surface area (Å²) in [7, 11) is 2.12. The van der Waals surface area contributed by atoms with Crippen molar-refractivity contribution in [2.75, 3.05) is 7.05 Å². The zero-order chi connectivity index (χ0) is 7.84. The lowest BCUT2D eigenvalue weighted by molar-refractivity contribution is -0.105. The SMILES string of the molecule is CN1[C@@H]2CC=C(C=O)[C@H]1CC2. The average molecular weight is 151 g/mol. The normalized spacial score (nSPS) is 37.0. The fraction of sp³-hybridized carbons (Fsp3) is 0.667. The van der Waals surface area contributed by atoms with Gasteiger partial charge in [-0.25, -0.2) is 0 Å². The molecule has 0 amide bonds. The Balaban J connectivity index is 2.27. The van der Waals surface area contributed by atoms with Gasteiger partial charge in [-0.1, -0.05) is 6.08 Å². The van der Waals surface area contributed by atoms with Crippen molar-refractivity contribution in [1.29, 1.82) is 0 Å². The van der Waals surface area contributed by atoms with Gasteiger partial charge in [0.05, 0.1) is 0 Å². The fourth-order valence-electron chi connectivity index (χ4n) is 2.23. The molecule has 0 aromatic rings. The number of aldehydes is 1. The molecule has 60 valence electrons. The Kier molecular flexibility index (Phi) is 1.57. The van der Waals surface area contributed by atoms with E-state index in [2.05, 4.69) is 18.0 Å². The Hall–Kier alpha value is -0.630. The van der Waals surface area contributed by atoms with E-state index in [0.29, 0.717) is 12.1 Å². The van der Waals surface area contributed by atoms with E-state index >= 15 is 0 Å². The summed E-state index contributed by atoms with van der Waals surface area (Å²) in [6.07, 6.45) is 6.62. The van der Waals surface area contributed by atoms with Crippen LogP contribution in [0.15, 0.2) is 11.6 Å². The number of fused-ring (bicyclic) bond motifs is 2. The number of hydrogen-bond acceptors (Lipinski definition) is 2. The monoisotopic (exact) mass is 151 g/mol. The highest BCUT2D eigenvalue weighted by atomic mass is 16.1. The minimum Gasteiger partial charge on any atom is -0.298 e. The molecule has 0 N–H and O–H groups in total. The molecule has 1 fully saturated rings. The highest BCUT2D eigenvalue weighted by Gasteiger charge is 2.34. The summed E-state index contributed by atoms with van der Waals surface area (Å²) in [5, 5.41) is 0. The first-order valence-corrected chi connectivity index (χ1v) is 4.20. The van der Waals surface area contributed by atoms with Gasteiger partial charge in [0.25, 0.3) is 0 Å². The van der Waals surface area contributed by atoms with E-state index in [4.69, 9.17) is 0 Å². The molecule has 2 rings (SSSR count). The third kappa shape index (κ3) is 0.932. The average Bonchev–Trinajstić information content (AvgIpc) is 2.31. The topological polar surface area (TPSA) is 20.3 Å². The van der Waals surface area contributed by atoms with Crippen LogP contribution in [-0.2, 0) is 4.79 Å². The van der Waals surface area contributed by atoms with Crippen LogP contribution in [0.3, 0.4) is 0 Å². The minimum absolute atomic E-state index is 0.436.